The number of hydrogen-bond acceptors (Lipinski definition) is 7. The molecule has 2 fully saturated rings. The molecule has 2 aromatic heterocycles. The summed E-state index contributed by atoms with van der Waals surface area (Å²) in [5, 5.41) is 22.3. The number of tetrazole rings is 1. The van der Waals surface area contributed by atoms with Crippen molar-refractivity contribution in [3.05, 3.63) is 42.3 Å². The molecule has 31 heavy (non-hydrogen) atoms. The molecular weight excluding hydrogens is 403 g/mol. The number of halogens is 1. The zero-order chi connectivity index (χ0) is 21.5. The Morgan fingerprint density at radius 3 is 2.81 bits per heavy atom. The van der Waals surface area contributed by atoms with Crippen molar-refractivity contribution < 1.29 is 19.0 Å². The van der Waals surface area contributed by atoms with Gasteiger partial charge in [-0.2, -0.15) is 4.80 Å². The number of benzene rings is 1. The number of nitrogens with zero attached hydrogens (tertiary/aromatic N) is 6. The van der Waals surface area contributed by atoms with Gasteiger partial charge in [-0.1, -0.05) is 13.0 Å². The van der Waals surface area contributed by atoms with Crippen LogP contribution in [0.4, 0.5) is 14.9 Å². The van der Waals surface area contributed by atoms with E-state index in [2.05, 4.69) is 20.4 Å². The molecule has 1 aliphatic carbocycles. The molecule has 1 N–H and O–H groups in total. The first-order valence-corrected chi connectivity index (χ1v) is 10.3. The number of ether oxygens (including phenoxy) is 1. The van der Waals surface area contributed by atoms with E-state index < -0.39 is 24.1 Å². The van der Waals surface area contributed by atoms with Gasteiger partial charge in [0.05, 0.1) is 24.4 Å². The van der Waals surface area contributed by atoms with Gasteiger partial charge in [-0.25, -0.2) is 9.18 Å². The summed E-state index contributed by atoms with van der Waals surface area (Å²) >= 11 is 0. The summed E-state index contributed by atoms with van der Waals surface area (Å²) in [6.07, 6.45) is 2.19. The smallest absolute Gasteiger partial charge is 0.414 e. The molecule has 2 aliphatic rings. The van der Waals surface area contributed by atoms with Crippen molar-refractivity contribution in [3.8, 4) is 22.6 Å². The van der Waals surface area contributed by atoms with Crippen LogP contribution in [0, 0.1) is 5.82 Å². The molecule has 0 bridgehead atoms. The van der Waals surface area contributed by atoms with Gasteiger partial charge in [-0.15, -0.1) is 10.2 Å². The van der Waals surface area contributed by atoms with E-state index >= 15 is 0 Å². The van der Waals surface area contributed by atoms with Gasteiger partial charge in [0.2, 0.25) is 5.82 Å². The van der Waals surface area contributed by atoms with Crippen LogP contribution < -0.4 is 4.90 Å². The first kappa shape index (κ1) is 19.6. The molecule has 3 aromatic rings. The number of aromatic nitrogens is 5. The number of rotatable bonds is 6. The van der Waals surface area contributed by atoms with E-state index in [1.54, 1.807) is 42.2 Å². The molecule has 9 nitrogen and oxygen atoms in total. The molecule has 1 saturated heterocycles. The minimum absolute atomic E-state index is 0.178. The van der Waals surface area contributed by atoms with Crippen molar-refractivity contribution in [3.63, 3.8) is 0 Å². The third-order valence-electron chi connectivity index (χ3n) is 5.55. The van der Waals surface area contributed by atoms with E-state index in [-0.39, 0.29) is 6.54 Å². The second-order valence-corrected chi connectivity index (χ2v) is 7.77. The van der Waals surface area contributed by atoms with Crippen LogP contribution in [0.2, 0.25) is 0 Å². The van der Waals surface area contributed by atoms with Crippen LogP contribution >= 0.6 is 0 Å². The van der Waals surface area contributed by atoms with E-state index in [9.17, 15) is 14.3 Å². The zero-order valence-electron chi connectivity index (χ0n) is 16.8. The number of cyclic esters (lactones) is 1. The topological polar surface area (TPSA) is 106 Å². The SMILES string of the molecule is CCC(O)[C@H]1CN(c2ccc(-c3ccc(-c4nnn(C5CC5)n4)nc3)c(F)c2)C(=O)O1. The second-order valence-electron chi connectivity index (χ2n) is 7.77. The van der Waals surface area contributed by atoms with Gasteiger partial charge < -0.3 is 9.84 Å². The fourth-order valence-corrected chi connectivity index (χ4v) is 3.54. The van der Waals surface area contributed by atoms with Gasteiger partial charge in [-0.05, 0) is 48.7 Å². The minimum Gasteiger partial charge on any atom is -0.441 e. The number of amides is 1. The van der Waals surface area contributed by atoms with Gasteiger partial charge in [0.1, 0.15) is 17.6 Å². The van der Waals surface area contributed by atoms with Crippen molar-refractivity contribution in [1.29, 1.82) is 0 Å². The Morgan fingerprint density at radius 2 is 2.13 bits per heavy atom. The molecule has 0 spiro atoms. The number of carbonyl (C=O) groups is 1. The summed E-state index contributed by atoms with van der Waals surface area (Å²) in [4.78, 5) is 19.4. The Labute approximate surface area is 177 Å². The first-order chi connectivity index (χ1) is 15.0. The van der Waals surface area contributed by atoms with Crippen LogP contribution in [0.3, 0.4) is 0 Å². The van der Waals surface area contributed by atoms with Crippen LogP contribution in [0.5, 0.6) is 0 Å². The van der Waals surface area contributed by atoms with Gasteiger partial charge in [0, 0.05) is 17.3 Å². The number of pyridine rings is 1. The number of aliphatic hydroxyl groups excluding tert-OH is 1. The van der Waals surface area contributed by atoms with Crippen molar-refractivity contribution in [2.45, 2.75) is 44.4 Å². The largest absolute Gasteiger partial charge is 0.441 e. The summed E-state index contributed by atoms with van der Waals surface area (Å²) < 4.78 is 20.1. The molecular formula is C21H21FN6O3. The predicted molar refractivity (Wildman–Crippen MR) is 109 cm³/mol. The quantitative estimate of drug-likeness (QED) is 0.648. The highest BCUT2D eigenvalue weighted by Gasteiger charge is 2.36. The minimum atomic E-state index is -0.747. The summed E-state index contributed by atoms with van der Waals surface area (Å²) in [5.74, 6) is -0.0530. The number of hydrogen-bond donors (Lipinski definition) is 1. The lowest BCUT2D eigenvalue weighted by Crippen LogP contribution is -2.30. The van der Waals surface area contributed by atoms with Gasteiger partial charge in [0.15, 0.2) is 0 Å². The normalized spacial score (nSPS) is 19.5. The van der Waals surface area contributed by atoms with Crippen LogP contribution in [-0.4, -0.2) is 55.1 Å². The Bertz CT molecular complexity index is 1110. The molecule has 1 aromatic carbocycles. The number of anilines is 1. The van der Waals surface area contributed by atoms with E-state index in [1.807, 2.05) is 0 Å². The van der Waals surface area contributed by atoms with Crippen LogP contribution in [0.15, 0.2) is 36.5 Å². The highest BCUT2D eigenvalue weighted by molar-refractivity contribution is 5.90. The van der Waals surface area contributed by atoms with E-state index in [0.29, 0.717) is 40.8 Å². The Hall–Kier alpha value is -3.40. The molecule has 10 heteroatoms. The van der Waals surface area contributed by atoms with Crippen molar-refractivity contribution in [1.82, 2.24) is 25.2 Å². The summed E-state index contributed by atoms with van der Waals surface area (Å²) in [6, 6.07) is 8.34. The fourth-order valence-electron chi connectivity index (χ4n) is 3.54. The van der Waals surface area contributed by atoms with Gasteiger partial charge in [-0.3, -0.25) is 9.88 Å². The van der Waals surface area contributed by atoms with Crippen LogP contribution in [0.1, 0.15) is 32.2 Å². The molecule has 2 atom stereocenters. The maximum Gasteiger partial charge on any atom is 0.414 e. The Kier molecular flexibility index (Phi) is 4.85. The Morgan fingerprint density at radius 1 is 1.29 bits per heavy atom. The highest BCUT2D eigenvalue weighted by atomic mass is 19.1. The molecule has 1 saturated carbocycles. The van der Waals surface area contributed by atoms with Crippen molar-refractivity contribution in [2.24, 2.45) is 0 Å². The summed E-state index contributed by atoms with van der Waals surface area (Å²) in [5.41, 5.74) is 1.89. The maximum atomic E-state index is 14.9. The summed E-state index contributed by atoms with van der Waals surface area (Å²) in [7, 11) is 0. The molecule has 160 valence electrons. The summed E-state index contributed by atoms with van der Waals surface area (Å²) in [6.45, 7) is 1.98. The number of aliphatic hydroxyl groups is 1. The number of carbonyl (C=O) groups excluding carboxylic acids is 1. The lowest BCUT2D eigenvalue weighted by Gasteiger charge is -2.16. The molecule has 5 rings (SSSR count). The fraction of sp³-hybridized carbons (Fsp3) is 0.381. The molecule has 1 amide bonds. The standard InChI is InChI=1S/C21H21FN6O3/c1-2-18(29)19-11-27(21(30)31-19)14-6-7-15(16(22)9-14)12-3-8-17(23-10-12)20-24-26-28(25-20)13-4-5-13/h3,6-10,13,18-19,29H,2,4-5,11H2,1H3/t18?,19-/m1/s1. The van der Waals surface area contributed by atoms with Crippen LogP contribution in [0.25, 0.3) is 22.6 Å². The monoisotopic (exact) mass is 424 g/mol. The van der Waals surface area contributed by atoms with Crippen LogP contribution in [-0.2, 0) is 4.74 Å². The van der Waals surface area contributed by atoms with Gasteiger partial charge >= 0.3 is 6.09 Å². The van der Waals surface area contributed by atoms with E-state index in [1.165, 1.54) is 11.0 Å². The van der Waals surface area contributed by atoms with Crippen molar-refractivity contribution >= 4 is 11.8 Å². The third-order valence-corrected chi connectivity index (χ3v) is 5.55. The predicted octanol–water partition coefficient (Wildman–Crippen LogP) is 2.97. The molecule has 3 heterocycles. The van der Waals surface area contributed by atoms with E-state index in [0.717, 1.165) is 12.8 Å². The Balaban J connectivity index is 1.34. The first-order valence-electron chi connectivity index (χ1n) is 10.3. The molecule has 1 unspecified atom stereocenters. The lowest BCUT2D eigenvalue weighted by molar-refractivity contribution is 0.0308. The molecule has 0 radical (unpaired) electrons. The van der Waals surface area contributed by atoms with E-state index in [4.69, 9.17) is 4.74 Å². The third kappa shape index (κ3) is 3.74. The molecule has 1 aliphatic heterocycles. The average molecular weight is 424 g/mol. The maximum absolute atomic E-state index is 14.9. The van der Waals surface area contributed by atoms with Crippen molar-refractivity contribution in [2.75, 3.05) is 11.4 Å². The second kappa shape index (κ2) is 7.69. The average Bonchev–Trinajstić information content (AvgIpc) is 3.38. The van der Waals surface area contributed by atoms with Gasteiger partial charge in [0.25, 0.3) is 0 Å². The highest BCUT2D eigenvalue weighted by Crippen LogP contribution is 2.33. The lowest BCUT2D eigenvalue weighted by atomic mass is 10.1. The zero-order valence-corrected chi connectivity index (χ0v) is 16.8.